The van der Waals surface area contributed by atoms with Crippen molar-refractivity contribution in [3.63, 3.8) is 0 Å². The van der Waals surface area contributed by atoms with Crippen molar-refractivity contribution in [2.45, 2.75) is 25.3 Å². The number of benzene rings is 1. The number of hydrogen-bond donors (Lipinski definition) is 1. The second-order valence-corrected chi connectivity index (χ2v) is 5.88. The van der Waals surface area contributed by atoms with E-state index in [2.05, 4.69) is 42.5 Å². The number of fused-ring (bicyclic) bond motifs is 1. The molecule has 1 aromatic rings. The quantitative estimate of drug-likeness (QED) is 0.745. The number of hydrogen-bond acceptors (Lipinski definition) is 4. The second-order valence-electron chi connectivity index (χ2n) is 5.88. The first kappa shape index (κ1) is 16.3. The third-order valence-electron chi connectivity index (χ3n) is 3.99. The molecule has 2 rings (SSSR count). The van der Waals surface area contributed by atoms with Crippen LogP contribution in [0.4, 0.5) is 0 Å². The van der Waals surface area contributed by atoms with Crippen molar-refractivity contribution in [3.8, 4) is 5.75 Å². The Hall–Kier alpha value is -1.10. The van der Waals surface area contributed by atoms with Crippen LogP contribution in [0.15, 0.2) is 18.2 Å². The normalized spacial score (nSPS) is 17.8. The molecule has 0 aliphatic heterocycles. The van der Waals surface area contributed by atoms with Crippen LogP contribution in [0, 0.1) is 0 Å². The van der Waals surface area contributed by atoms with Crippen LogP contribution in [-0.2, 0) is 11.2 Å². The van der Waals surface area contributed by atoms with Gasteiger partial charge in [-0.3, -0.25) is 0 Å². The van der Waals surface area contributed by atoms with E-state index in [0.717, 1.165) is 32.1 Å². The lowest BCUT2D eigenvalue weighted by atomic mass is 9.87. The summed E-state index contributed by atoms with van der Waals surface area (Å²) in [5.74, 6) is 0.949. The first-order valence-corrected chi connectivity index (χ1v) is 7.83. The van der Waals surface area contributed by atoms with Crippen LogP contribution >= 0.6 is 0 Å². The summed E-state index contributed by atoms with van der Waals surface area (Å²) in [6, 6.07) is 6.88. The van der Waals surface area contributed by atoms with Crippen LogP contribution < -0.4 is 10.1 Å². The third kappa shape index (κ3) is 4.99. The van der Waals surface area contributed by atoms with E-state index in [0.29, 0.717) is 6.04 Å². The van der Waals surface area contributed by atoms with E-state index in [1.165, 1.54) is 30.4 Å². The molecule has 21 heavy (non-hydrogen) atoms. The van der Waals surface area contributed by atoms with Gasteiger partial charge in [0, 0.05) is 19.1 Å². The molecule has 0 aromatic heterocycles. The fourth-order valence-corrected chi connectivity index (χ4v) is 2.77. The lowest BCUT2D eigenvalue weighted by molar-refractivity contribution is 0.117. The van der Waals surface area contributed by atoms with Crippen molar-refractivity contribution in [3.05, 3.63) is 29.3 Å². The van der Waals surface area contributed by atoms with E-state index < -0.39 is 0 Å². The highest BCUT2D eigenvalue weighted by molar-refractivity contribution is 5.39. The topological polar surface area (TPSA) is 33.7 Å². The van der Waals surface area contributed by atoms with E-state index in [1.54, 1.807) is 7.11 Å². The summed E-state index contributed by atoms with van der Waals surface area (Å²) in [7, 11) is 5.85. The molecular weight excluding hydrogens is 264 g/mol. The van der Waals surface area contributed by atoms with Crippen LogP contribution in [-0.4, -0.2) is 52.4 Å². The Morgan fingerprint density at radius 1 is 1.29 bits per heavy atom. The van der Waals surface area contributed by atoms with Crippen molar-refractivity contribution < 1.29 is 9.47 Å². The van der Waals surface area contributed by atoms with Crippen molar-refractivity contribution in [2.24, 2.45) is 0 Å². The monoisotopic (exact) mass is 292 g/mol. The molecule has 0 saturated heterocycles. The average molecular weight is 292 g/mol. The number of likely N-dealkylation sites (N-methyl/N-ethyl adjacent to an activating group) is 1. The molecule has 0 amide bonds. The summed E-state index contributed by atoms with van der Waals surface area (Å²) in [5.41, 5.74) is 2.85. The van der Waals surface area contributed by atoms with Gasteiger partial charge in [0.05, 0.1) is 20.3 Å². The van der Waals surface area contributed by atoms with Gasteiger partial charge >= 0.3 is 0 Å². The summed E-state index contributed by atoms with van der Waals surface area (Å²) in [5, 5.41) is 3.62. The van der Waals surface area contributed by atoms with Gasteiger partial charge in [0.25, 0.3) is 0 Å². The Morgan fingerprint density at radius 2 is 2.14 bits per heavy atom. The van der Waals surface area contributed by atoms with Gasteiger partial charge in [-0.25, -0.2) is 0 Å². The average Bonchev–Trinajstić information content (AvgIpc) is 2.50. The fraction of sp³-hybridized carbons (Fsp3) is 0.647. The summed E-state index contributed by atoms with van der Waals surface area (Å²) in [6.07, 6.45) is 3.62. The van der Waals surface area contributed by atoms with E-state index in [-0.39, 0.29) is 0 Å². The van der Waals surface area contributed by atoms with Gasteiger partial charge in [-0.05, 0) is 56.6 Å². The van der Waals surface area contributed by atoms with Crippen molar-refractivity contribution in [1.29, 1.82) is 0 Å². The van der Waals surface area contributed by atoms with Crippen LogP contribution in [0.5, 0.6) is 5.75 Å². The lowest BCUT2D eigenvalue weighted by Crippen LogP contribution is -2.29. The first-order valence-electron chi connectivity index (χ1n) is 7.83. The smallest absolute Gasteiger partial charge is 0.119 e. The molecule has 4 nitrogen and oxygen atoms in total. The van der Waals surface area contributed by atoms with Gasteiger partial charge in [-0.15, -0.1) is 0 Å². The van der Waals surface area contributed by atoms with E-state index >= 15 is 0 Å². The number of aryl methyl sites for hydroxylation is 1. The van der Waals surface area contributed by atoms with E-state index in [1.807, 2.05) is 0 Å². The Balaban J connectivity index is 1.80. The van der Waals surface area contributed by atoms with E-state index in [4.69, 9.17) is 9.47 Å². The molecule has 1 aromatic carbocycles. The number of ether oxygens (including phenoxy) is 2. The molecule has 1 unspecified atom stereocenters. The molecule has 0 saturated carbocycles. The van der Waals surface area contributed by atoms with E-state index in [9.17, 15) is 0 Å². The Morgan fingerprint density at radius 3 is 2.90 bits per heavy atom. The SMILES string of the molecule is COc1ccc2c(c1)C(NCCOCCN(C)C)CCC2. The number of methoxy groups -OCH3 is 1. The molecule has 0 bridgehead atoms. The third-order valence-corrected chi connectivity index (χ3v) is 3.99. The zero-order valence-corrected chi connectivity index (χ0v) is 13.5. The molecular formula is C17H28N2O2. The van der Waals surface area contributed by atoms with Crippen molar-refractivity contribution in [2.75, 3.05) is 47.5 Å². The maximum absolute atomic E-state index is 5.64. The van der Waals surface area contributed by atoms with Gasteiger partial charge in [0.1, 0.15) is 5.75 Å². The minimum Gasteiger partial charge on any atom is -0.497 e. The highest BCUT2D eigenvalue weighted by atomic mass is 16.5. The lowest BCUT2D eigenvalue weighted by Gasteiger charge is -2.27. The van der Waals surface area contributed by atoms with Crippen molar-refractivity contribution >= 4 is 0 Å². The molecule has 1 aliphatic rings. The molecule has 0 spiro atoms. The standard InChI is InChI=1S/C17H28N2O2/c1-19(2)10-12-21-11-9-18-17-6-4-5-14-7-8-15(20-3)13-16(14)17/h7-8,13,17-18H,4-6,9-12H2,1-3H3. The van der Waals surface area contributed by atoms with Crippen LogP contribution in [0.3, 0.4) is 0 Å². The highest BCUT2D eigenvalue weighted by Crippen LogP contribution is 2.32. The number of nitrogens with zero attached hydrogens (tertiary/aromatic N) is 1. The fourth-order valence-electron chi connectivity index (χ4n) is 2.77. The predicted octanol–water partition coefficient (Wildman–Crippen LogP) is 2.24. The van der Waals surface area contributed by atoms with Gasteiger partial charge in [0.15, 0.2) is 0 Å². The zero-order valence-electron chi connectivity index (χ0n) is 13.5. The minimum atomic E-state index is 0.432. The molecule has 1 N–H and O–H groups in total. The Kier molecular flexibility index (Phi) is 6.49. The molecule has 4 heteroatoms. The molecule has 0 heterocycles. The van der Waals surface area contributed by atoms with Gasteiger partial charge in [-0.2, -0.15) is 0 Å². The molecule has 118 valence electrons. The molecule has 0 radical (unpaired) electrons. The van der Waals surface area contributed by atoms with Gasteiger partial charge < -0.3 is 19.7 Å². The Labute approximate surface area is 128 Å². The van der Waals surface area contributed by atoms with Gasteiger partial charge in [-0.1, -0.05) is 6.07 Å². The largest absolute Gasteiger partial charge is 0.497 e. The molecule has 1 atom stereocenters. The number of rotatable bonds is 8. The van der Waals surface area contributed by atoms with Crippen LogP contribution in [0.1, 0.15) is 30.0 Å². The molecule has 0 fully saturated rings. The van der Waals surface area contributed by atoms with Crippen molar-refractivity contribution in [1.82, 2.24) is 10.2 Å². The van der Waals surface area contributed by atoms with Crippen LogP contribution in [0.2, 0.25) is 0 Å². The predicted molar refractivity (Wildman–Crippen MR) is 86.0 cm³/mol. The summed E-state index contributed by atoms with van der Waals surface area (Å²) >= 11 is 0. The number of nitrogens with one attached hydrogen (secondary N) is 1. The zero-order chi connectivity index (χ0) is 15.1. The second kappa shape index (κ2) is 8.37. The maximum atomic E-state index is 5.64. The van der Waals surface area contributed by atoms with Crippen LogP contribution in [0.25, 0.3) is 0 Å². The maximum Gasteiger partial charge on any atom is 0.119 e. The minimum absolute atomic E-state index is 0.432. The summed E-state index contributed by atoms with van der Waals surface area (Å²) < 4.78 is 11.0. The molecule has 1 aliphatic carbocycles. The first-order chi connectivity index (χ1) is 10.2. The summed E-state index contributed by atoms with van der Waals surface area (Å²) in [4.78, 5) is 2.14. The Bertz CT molecular complexity index is 435. The highest BCUT2D eigenvalue weighted by Gasteiger charge is 2.20. The van der Waals surface area contributed by atoms with Gasteiger partial charge in [0.2, 0.25) is 0 Å². The summed E-state index contributed by atoms with van der Waals surface area (Å²) in [6.45, 7) is 3.44.